The zero-order chi connectivity index (χ0) is 25.2. The summed E-state index contributed by atoms with van der Waals surface area (Å²) in [4.78, 5) is 11.9. The zero-order valence-corrected chi connectivity index (χ0v) is 18.6. The molecule has 1 aliphatic heterocycles. The molecule has 1 saturated heterocycles. The van der Waals surface area contributed by atoms with Gasteiger partial charge in [-0.15, -0.1) is 0 Å². The lowest BCUT2D eigenvalue weighted by atomic mass is 10.0. The number of hydrogen-bond acceptors (Lipinski definition) is 5. The number of hydrogen-bond donors (Lipinski definition) is 0. The van der Waals surface area contributed by atoms with Crippen molar-refractivity contribution in [3.63, 3.8) is 0 Å². The van der Waals surface area contributed by atoms with E-state index in [0.717, 1.165) is 24.4 Å². The van der Waals surface area contributed by atoms with Crippen LogP contribution in [0.15, 0.2) is 61.1 Å². The summed E-state index contributed by atoms with van der Waals surface area (Å²) in [6.07, 6.45) is -3.76. The Bertz CT molecular complexity index is 1120. The highest BCUT2D eigenvalue weighted by molar-refractivity contribution is 5.69. The minimum atomic E-state index is -4.45. The summed E-state index contributed by atoms with van der Waals surface area (Å²) >= 11 is 0. The van der Waals surface area contributed by atoms with E-state index >= 15 is 0 Å². The van der Waals surface area contributed by atoms with Crippen molar-refractivity contribution in [2.75, 3.05) is 30.0 Å². The van der Waals surface area contributed by atoms with Gasteiger partial charge in [-0.1, -0.05) is 0 Å². The Morgan fingerprint density at radius 3 is 2.03 bits per heavy atom. The molecule has 0 saturated carbocycles. The van der Waals surface area contributed by atoms with Gasteiger partial charge in [0.1, 0.15) is 17.3 Å². The molecular formula is C24H22F6N4O. The molecule has 1 aromatic carbocycles. The molecular weight excluding hydrogens is 474 g/mol. The molecule has 0 atom stereocenters. The van der Waals surface area contributed by atoms with Gasteiger partial charge in [0.2, 0.25) is 0 Å². The van der Waals surface area contributed by atoms with Crippen molar-refractivity contribution in [1.82, 2.24) is 9.97 Å². The molecule has 3 aromatic rings. The van der Waals surface area contributed by atoms with Crippen LogP contribution in [0.4, 0.5) is 43.5 Å². The van der Waals surface area contributed by atoms with E-state index in [-0.39, 0.29) is 6.04 Å². The summed E-state index contributed by atoms with van der Waals surface area (Å²) in [7, 11) is 1.50. The lowest BCUT2D eigenvalue weighted by molar-refractivity contribution is -0.138. The number of piperidine rings is 1. The summed E-state index contributed by atoms with van der Waals surface area (Å²) in [5.41, 5.74) is -0.396. The Kier molecular flexibility index (Phi) is 6.77. The predicted octanol–water partition coefficient (Wildman–Crippen LogP) is 6.33. The second kappa shape index (κ2) is 9.63. The molecule has 0 amide bonds. The first kappa shape index (κ1) is 24.6. The number of halogens is 6. The molecule has 11 heteroatoms. The quantitative estimate of drug-likeness (QED) is 0.386. The molecule has 1 fully saturated rings. The summed E-state index contributed by atoms with van der Waals surface area (Å²) in [6, 6.07) is 8.81. The lowest BCUT2D eigenvalue weighted by Crippen LogP contribution is -2.43. The van der Waals surface area contributed by atoms with Crippen molar-refractivity contribution in [2.24, 2.45) is 0 Å². The molecule has 0 N–H and O–H groups in total. The standard InChI is InChI=1S/C24H22F6N4O/c1-35-21-8-11-31-15-20(21)34(18-5-2-16(3-6-18)23(25,26)27)19-9-12-33(13-10-19)22-7-4-17(14-32-22)24(28,29)30/h2-8,11,14-15,19H,9-10,12-13H2,1H3. The number of nitrogens with zero attached hydrogens (tertiary/aromatic N) is 4. The van der Waals surface area contributed by atoms with Gasteiger partial charge in [-0.2, -0.15) is 26.3 Å². The first-order valence-electron chi connectivity index (χ1n) is 10.8. The summed E-state index contributed by atoms with van der Waals surface area (Å²) in [6.45, 7) is 1.01. The molecule has 0 unspecified atom stereocenters. The van der Waals surface area contributed by atoms with Crippen molar-refractivity contribution < 1.29 is 31.1 Å². The summed E-state index contributed by atoms with van der Waals surface area (Å²) < 4.78 is 83.3. The highest BCUT2D eigenvalue weighted by Crippen LogP contribution is 2.39. The fourth-order valence-corrected chi connectivity index (χ4v) is 4.18. The minimum absolute atomic E-state index is 0.115. The number of alkyl halides is 6. The first-order valence-corrected chi connectivity index (χ1v) is 10.8. The normalized spacial score (nSPS) is 15.2. The Hall–Kier alpha value is -3.50. The molecule has 3 heterocycles. The third-order valence-corrected chi connectivity index (χ3v) is 5.94. The van der Waals surface area contributed by atoms with Gasteiger partial charge in [-0.3, -0.25) is 4.98 Å². The second-order valence-electron chi connectivity index (χ2n) is 8.08. The number of anilines is 3. The Labute approximate surface area is 198 Å². The van der Waals surface area contributed by atoms with Crippen molar-refractivity contribution in [2.45, 2.75) is 31.2 Å². The van der Waals surface area contributed by atoms with Crippen LogP contribution in [0.5, 0.6) is 5.75 Å². The van der Waals surface area contributed by atoms with Crippen LogP contribution in [0.3, 0.4) is 0 Å². The van der Waals surface area contributed by atoms with Crippen molar-refractivity contribution in [3.8, 4) is 5.75 Å². The number of methoxy groups -OCH3 is 1. The highest BCUT2D eigenvalue weighted by atomic mass is 19.4. The average molecular weight is 496 g/mol. The van der Waals surface area contributed by atoms with Gasteiger partial charge < -0.3 is 14.5 Å². The fraction of sp³-hybridized carbons (Fsp3) is 0.333. The first-order chi connectivity index (χ1) is 16.6. The number of rotatable bonds is 5. The van der Waals surface area contributed by atoms with E-state index < -0.39 is 23.5 Å². The van der Waals surface area contributed by atoms with Gasteiger partial charge in [0, 0.05) is 43.3 Å². The number of benzene rings is 1. The van der Waals surface area contributed by atoms with Crippen molar-refractivity contribution in [1.29, 1.82) is 0 Å². The molecule has 0 radical (unpaired) electrons. The van der Waals surface area contributed by atoms with Gasteiger partial charge in [-0.05, 0) is 49.2 Å². The van der Waals surface area contributed by atoms with Crippen LogP contribution in [0.2, 0.25) is 0 Å². The molecule has 35 heavy (non-hydrogen) atoms. The molecule has 0 aliphatic carbocycles. The van der Waals surface area contributed by atoms with Crippen LogP contribution in [0, 0.1) is 0 Å². The number of ether oxygens (including phenoxy) is 1. The van der Waals surface area contributed by atoms with E-state index in [0.29, 0.717) is 48.9 Å². The minimum Gasteiger partial charge on any atom is -0.494 e. The van der Waals surface area contributed by atoms with Crippen molar-refractivity contribution >= 4 is 17.2 Å². The van der Waals surface area contributed by atoms with E-state index in [9.17, 15) is 26.3 Å². The van der Waals surface area contributed by atoms with E-state index in [1.807, 2.05) is 9.80 Å². The molecule has 5 nitrogen and oxygen atoms in total. The SMILES string of the molecule is COc1ccncc1N(c1ccc(C(F)(F)F)cc1)C1CCN(c2ccc(C(F)(F)F)cn2)CC1. The van der Waals surface area contributed by atoms with Crippen LogP contribution in [-0.4, -0.2) is 36.2 Å². The Morgan fingerprint density at radius 1 is 0.857 bits per heavy atom. The maximum atomic E-state index is 13.1. The third-order valence-electron chi connectivity index (χ3n) is 5.94. The van der Waals surface area contributed by atoms with Gasteiger partial charge >= 0.3 is 12.4 Å². The van der Waals surface area contributed by atoms with Crippen LogP contribution in [-0.2, 0) is 12.4 Å². The Balaban J connectivity index is 1.58. The van der Waals surface area contributed by atoms with E-state index in [4.69, 9.17) is 4.74 Å². The monoisotopic (exact) mass is 496 g/mol. The maximum Gasteiger partial charge on any atom is 0.417 e. The number of pyridine rings is 2. The summed E-state index contributed by atoms with van der Waals surface area (Å²) in [5.74, 6) is 0.961. The van der Waals surface area contributed by atoms with Crippen LogP contribution < -0.4 is 14.5 Å². The van der Waals surface area contributed by atoms with Gasteiger partial charge in [-0.25, -0.2) is 4.98 Å². The highest BCUT2D eigenvalue weighted by Gasteiger charge is 2.33. The second-order valence-corrected chi connectivity index (χ2v) is 8.08. The van der Waals surface area contributed by atoms with E-state index in [1.165, 1.54) is 25.3 Å². The van der Waals surface area contributed by atoms with E-state index in [1.54, 1.807) is 18.5 Å². The zero-order valence-electron chi connectivity index (χ0n) is 18.6. The van der Waals surface area contributed by atoms with Crippen LogP contribution >= 0.6 is 0 Å². The van der Waals surface area contributed by atoms with Crippen molar-refractivity contribution in [3.05, 3.63) is 72.2 Å². The smallest absolute Gasteiger partial charge is 0.417 e. The predicted molar refractivity (Wildman–Crippen MR) is 119 cm³/mol. The topological polar surface area (TPSA) is 41.5 Å². The largest absolute Gasteiger partial charge is 0.494 e. The molecule has 0 spiro atoms. The molecule has 2 aromatic heterocycles. The molecule has 1 aliphatic rings. The molecule has 186 valence electrons. The van der Waals surface area contributed by atoms with E-state index in [2.05, 4.69) is 9.97 Å². The lowest BCUT2D eigenvalue weighted by Gasteiger charge is -2.40. The maximum absolute atomic E-state index is 13.1. The van der Waals surface area contributed by atoms with Crippen LogP contribution in [0.1, 0.15) is 24.0 Å². The fourth-order valence-electron chi connectivity index (χ4n) is 4.18. The van der Waals surface area contributed by atoms with Crippen LogP contribution in [0.25, 0.3) is 0 Å². The van der Waals surface area contributed by atoms with Gasteiger partial charge in [0.25, 0.3) is 0 Å². The third kappa shape index (κ3) is 5.44. The van der Waals surface area contributed by atoms with Gasteiger partial charge in [0.05, 0.1) is 24.4 Å². The average Bonchev–Trinajstić information content (AvgIpc) is 2.84. The summed E-state index contributed by atoms with van der Waals surface area (Å²) in [5, 5.41) is 0. The number of aromatic nitrogens is 2. The van der Waals surface area contributed by atoms with Gasteiger partial charge in [0.15, 0.2) is 0 Å². The molecule has 0 bridgehead atoms. The Morgan fingerprint density at radius 2 is 1.49 bits per heavy atom. The molecule has 4 rings (SSSR count).